The van der Waals surface area contributed by atoms with Crippen LogP contribution < -0.4 is 27.8 Å². The van der Waals surface area contributed by atoms with Crippen LogP contribution in [0.25, 0.3) is 0 Å². The third-order valence-electron chi connectivity index (χ3n) is 8.82. The highest BCUT2D eigenvalue weighted by Crippen LogP contribution is 2.35. The molecule has 14 N–H and O–H groups in total. The Bertz CT molecular complexity index is 1030. The molecule has 1 saturated carbocycles. The van der Waals surface area contributed by atoms with Gasteiger partial charge in [0.1, 0.15) is 54.1 Å². The van der Waals surface area contributed by atoms with Crippen molar-refractivity contribution in [2.75, 3.05) is 26.7 Å². The van der Waals surface area contributed by atoms with Gasteiger partial charge in [-0.05, 0) is 39.4 Å². The van der Waals surface area contributed by atoms with Crippen LogP contribution in [-0.4, -0.2) is 161 Å². The lowest BCUT2D eigenvalue weighted by Gasteiger charge is -2.51. The van der Waals surface area contributed by atoms with Crippen LogP contribution in [0, 0.1) is 0 Å². The van der Waals surface area contributed by atoms with Crippen LogP contribution in [-0.2, 0) is 33.2 Å². The number of hydrogen-bond donors (Lipinski definition) is 11. The number of rotatable bonds is 11. The molecule has 0 spiro atoms. The molecule has 0 amide bonds. The lowest BCUT2D eigenvalue weighted by Crippen LogP contribution is -2.71. The van der Waals surface area contributed by atoms with Crippen LogP contribution in [0.15, 0.2) is 11.8 Å². The molecule has 0 radical (unpaired) electrons. The minimum atomic E-state index is -1.90. The number of hydrogen-bond acceptors (Lipinski definition) is 17. The molecular weight excluding hydrogens is 602 g/mol. The second-order valence-electron chi connectivity index (χ2n) is 12.1. The van der Waals surface area contributed by atoms with Crippen molar-refractivity contribution in [1.82, 2.24) is 10.6 Å². The third-order valence-corrected chi connectivity index (χ3v) is 8.82. The summed E-state index contributed by atoms with van der Waals surface area (Å²) in [5.41, 5.74) is 16.9. The maximum Gasteiger partial charge on any atom is 0.335 e. The lowest BCUT2D eigenvalue weighted by atomic mass is 9.83. The summed E-state index contributed by atoms with van der Waals surface area (Å²) in [6, 6.07) is -2.57. The number of aliphatic hydroxyl groups excluding tert-OH is 5. The van der Waals surface area contributed by atoms with Crippen molar-refractivity contribution >= 4 is 5.97 Å². The zero-order valence-electron chi connectivity index (χ0n) is 25.5. The van der Waals surface area contributed by atoms with Crippen molar-refractivity contribution in [3.05, 3.63) is 11.8 Å². The zero-order chi connectivity index (χ0) is 33.2. The van der Waals surface area contributed by atoms with Crippen LogP contribution in [0.3, 0.4) is 0 Å². The Morgan fingerprint density at radius 1 is 1.00 bits per heavy atom. The van der Waals surface area contributed by atoms with E-state index in [2.05, 4.69) is 10.6 Å². The Kier molecular flexibility index (Phi) is 12.2. The quantitative estimate of drug-likeness (QED) is 0.0994. The lowest BCUT2D eigenvalue weighted by molar-refractivity contribution is -0.356. The summed E-state index contributed by atoms with van der Waals surface area (Å²) in [5.74, 6) is -1.06. The van der Waals surface area contributed by atoms with Crippen LogP contribution in [0.1, 0.15) is 26.7 Å². The molecule has 0 aromatic heterocycles. The monoisotopic (exact) mass is 651 g/mol. The van der Waals surface area contributed by atoms with E-state index in [1.165, 1.54) is 14.0 Å². The number of nitrogens with two attached hydrogens (primary N) is 3. The first kappa shape index (κ1) is 36.2. The molecule has 3 fully saturated rings. The first-order valence-electron chi connectivity index (χ1n) is 15.1. The summed E-state index contributed by atoms with van der Waals surface area (Å²) in [6.07, 6.45) is -13.5. The van der Waals surface area contributed by atoms with Crippen LogP contribution in [0.2, 0.25) is 0 Å². The van der Waals surface area contributed by atoms with Crippen molar-refractivity contribution in [3.63, 3.8) is 0 Å². The molecule has 16 atom stereocenters. The molecule has 3 aliphatic heterocycles. The number of carboxylic acid groups (broad SMARTS) is 1. The van der Waals surface area contributed by atoms with E-state index in [9.17, 15) is 35.4 Å². The van der Waals surface area contributed by atoms with Crippen LogP contribution >= 0.6 is 0 Å². The van der Waals surface area contributed by atoms with Crippen molar-refractivity contribution in [1.29, 1.82) is 0 Å². The summed E-state index contributed by atoms with van der Waals surface area (Å²) < 4.78 is 35.2. The Labute approximate surface area is 260 Å². The number of carbonyl (C=O) groups is 1. The Morgan fingerprint density at radius 2 is 1.69 bits per heavy atom. The first-order chi connectivity index (χ1) is 21.3. The van der Waals surface area contributed by atoms with Gasteiger partial charge in [0, 0.05) is 12.1 Å². The number of ether oxygens (including phenoxy) is 6. The standard InChI is InChI=1S/C27H49N5O13/c1-4-32-13-7-12(30)19(42-24-11(29)6-5-10(8-28)41-24)17(36)20(13)43-25-18(37)22(31-3)27(2,9-40-25)45-26-16(35)14(33)15(34)21(44-26)23(38)39/h5,11-22,24-26,31-37H,4,6-9,28-30H2,1-3H3,(H,38,39)/t11-,12+,13-,14?,15?,16?,17+,18-,19-,20+,21?,22-,24-,25-,26?,27+/m1/s1. The first-order valence-corrected chi connectivity index (χ1v) is 15.1. The molecule has 18 nitrogen and oxygen atoms in total. The van der Waals surface area contributed by atoms with E-state index in [0.717, 1.165) is 0 Å². The van der Waals surface area contributed by atoms with Gasteiger partial charge in [-0.2, -0.15) is 0 Å². The van der Waals surface area contributed by atoms with Gasteiger partial charge >= 0.3 is 5.97 Å². The highest BCUT2D eigenvalue weighted by Gasteiger charge is 2.55. The van der Waals surface area contributed by atoms with Gasteiger partial charge in [0.05, 0.1) is 25.2 Å². The minimum absolute atomic E-state index is 0.154. The number of aliphatic carboxylic acids is 1. The van der Waals surface area contributed by atoms with Gasteiger partial charge in [-0.15, -0.1) is 0 Å². The van der Waals surface area contributed by atoms with Crippen molar-refractivity contribution in [2.45, 2.75) is 124 Å². The van der Waals surface area contributed by atoms with E-state index in [1.807, 2.05) is 6.92 Å². The molecule has 2 saturated heterocycles. The second-order valence-corrected chi connectivity index (χ2v) is 12.1. The SMILES string of the molecule is CCN[C@@H]1C[C@H](N)[C@@H](O[C@H]2OC(CN)=CC[C@H]2N)[C@H](O)[C@H]1O[C@H]1OC[C@](C)(OC2OC(C(=O)O)C(O)C(O)C2O)[C@H](NC)[C@H]1O. The largest absolute Gasteiger partial charge is 0.479 e. The number of nitrogens with one attached hydrogen (secondary N) is 2. The molecule has 3 heterocycles. The maximum absolute atomic E-state index is 11.5. The van der Waals surface area contributed by atoms with E-state index >= 15 is 0 Å². The highest BCUT2D eigenvalue weighted by molar-refractivity contribution is 5.73. The molecule has 260 valence electrons. The molecule has 45 heavy (non-hydrogen) atoms. The van der Waals surface area contributed by atoms with Crippen LogP contribution in [0.4, 0.5) is 0 Å². The summed E-state index contributed by atoms with van der Waals surface area (Å²) in [6.45, 7) is 3.81. The maximum atomic E-state index is 11.5. The molecule has 0 aromatic rings. The normalized spacial score (nSPS) is 47.5. The van der Waals surface area contributed by atoms with E-state index < -0.39 is 103 Å². The van der Waals surface area contributed by atoms with Gasteiger partial charge in [-0.1, -0.05) is 6.92 Å². The Balaban J connectivity index is 1.48. The van der Waals surface area contributed by atoms with E-state index in [-0.39, 0.29) is 13.2 Å². The highest BCUT2D eigenvalue weighted by atomic mass is 16.7. The Hall–Kier alpha value is -1.59. The number of carboxylic acids is 1. The zero-order valence-corrected chi connectivity index (χ0v) is 25.5. The van der Waals surface area contributed by atoms with Gasteiger partial charge in [0.15, 0.2) is 18.7 Å². The number of likely N-dealkylation sites (N-methyl/N-ethyl adjacent to an activating group) is 2. The topological polar surface area (TPSA) is 296 Å². The molecule has 0 bridgehead atoms. The predicted molar refractivity (Wildman–Crippen MR) is 153 cm³/mol. The smallest absolute Gasteiger partial charge is 0.335 e. The van der Waals surface area contributed by atoms with Gasteiger partial charge in [-0.25, -0.2) is 4.79 Å². The molecule has 0 aromatic carbocycles. The van der Waals surface area contributed by atoms with Gasteiger partial charge in [0.2, 0.25) is 6.29 Å². The summed E-state index contributed by atoms with van der Waals surface area (Å²) in [5, 5.41) is 69.2. The average Bonchev–Trinajstić information content (AvgIpc) is 2.99. The molecule has 18 heteroatoms. The molecule has 1 aliphatic carbocycles. The van der Waals surface area contributed by atoms with E-state index in [4.69, 9.17) is 45.6 Å². The average molecular weight is 652 g/mol. The van der Waals surface area contributed by atoms with Gasteiger partial charge in [0.25, 0.3) is 0 Å². The van der Waals surface area contributed by atoms with Crippen LogP contribution in [0.5, 0.6) is 0 Å². The summed E-state index contributed by atoms with van der Waals surface area (Å²) >= 11 is 0. The fourth-order valence-corrected chi connectivity index (χ4v) is 6.36. The summed E-state index contributed by atoms with van der Waals surface area (Å²) in [7, 11) is 1.53. The third kappa shape index (κ3) is 7.61. The molecule has 4 rings (SSSR count). The van der Waals surface area contributed by atoms with Gasteiger partial charge < -0.3 is 86.9 Å². The van der Waals surface area contributed by atoms with E-state index in [1.54, 1.807) is 6.08 Å². The molecule has 5 unspecified atom stereocenters. The molecule has 4 aliphatic rings. The van der Waals surface area contributed by atoms with Crippen molar-refractivity contribution in [3.8, 4) is 0 Å². The van der Waals surface area contributed by atoms with Crippen molar-refractivity contribution in [2.24, 2.45) is 17.2 Å². The molecular formula is C27H49N5O13. The fraction of sp³-hybridized carbons (Fsp3) is 0.889. The fourth-order valence-electron chi connectivity index (χ4n) is 6.36. The number of aliphatic hydroxyl groups is 5. The second kappa shape index (κ2) is 15.1. The summed E-state index contributed by atoms with van der Waals surface area (Å²) in [4.78, 5) is 11.5. The van der Waals surface area contributed by atoms with Crippen molar-refractivity contribution < 1.29 is 63.9 Å². The van der Waals surface area contributed by atoms with Gasteiger partial charge in [-0.3, -0.25) is 0 Å². The predicted octanol–water partition coefficient (Wildman–Crippen LogP) is -5.28. The minimum Gasteiger partial charge on any atom is -0.479 e. The Morgan fingerprint density at radius 3 is 2.31 bits per heavy atom. The van der Waals surface area contributed by atoms with E-state index in [0.29, 0.717) is 25.1 Å².